The first-order chi connectivity index (χ1) is 18.1. The number of rotatable bonds is 8. The predicted molar refractivity (Wildman–Crippen MR) is 144 cm³/mol. The van der Waals surface area contributed by atoms with Crippen LogP contribution in [0.2, 0.25) is 5.02 Å². The van der Waals surface area contributed by atoms with Crippen molar-refractivity contribution in [2.45, 2.75) is 38.3 Å². The number of carbonyl (C=O) groups excluding carboxylic acids is 2. The lowest BCUT2D eigenvalue weighted by atomic mass is 9.85. The van der Waals surface area contributed by atoms with Gasteiger partial charge in [-0.3, -0.25) is 9.59 Å². The molecule has 0 unspecified atom stereocenters. The SMILES string of the molecule is O=C(Nc1ccc2c(c1)OCO2)[C@H]([C@H]1CC=CCC1)N(Cc1ccc(Cl)cc1)C(=O)Cc1ccccc1. The summed E-state index contributed by atoms with van der Waals surface area (Å²) in [5.74, 6) is 0.921. The Hall–Kier alpha value is -3.77. The summed E-state index contributed by atoms with van der Waals surface area (Å²) in [6, 6.07) is 21.7. The van der Waals surface area contributed by atoms with Gasteiger partial charge in [-0.2, -0.15) is 0 Å². The molecule has 7 heteroatoms. The first kappa shape index (κ1) is 24.9. The molecule has 1 N–H and O–H groups in total. The lowest BCUT2D eigenvalue weighted by Gasteiger charge is -2.37. The lowest BCUT2D eigenvalue weighted by molar-refractivity contribution is -0.141. The summed E-state index contributed by atoms with van der Waals surface area (Å²) in [5, 5.41) is 3.67. The molecular formula is C30H29ClN2O4. The molecule has 1 heterocycles. The van der Waals surface area contributed by atoms with Gasteiger partial charge in [-0.25, -0.2) is 0 Å². The fraction of sp³-hybridized carbons (Fsp3) is 0.267. The van der Waals surface area contributed by atoms with E-state index >= 15 is 0 Å². The number of benzene rings is 3. The van der Waals surface area contributed by atoms with Gasteiger partial charge in [-0.1, -0.05) is 66.2 Å². The van der Waals surface area contributed by atoms with Gasteiger partial charge in [-0.15, -0.1) is 0 Å². The Bertz CT molecular complexity index is 1280. The van der Waals surface area contributed by atoms with E-state index in [1.54, 1.807) is 23.1 Å². The molecule has 0 aromatic heterocycles. The molecule has 3 aromatic rings. The minimum absolute atomic E-state index is 0.00830. The Kier molecular flexibility index (Phi) is 7.76. The number of anilines is 1. The third-order valence-electron chi connectivity index (χ3n) is 6.79. The number of hydrogen-bond acceptors (Lipinski definition) is 4. The van der Waals surface area contributed by atoms with E-state index in [4.69, 9.17) is 21.1 Å². The van der Waals surface area contributed by atoms with Gasteiger partial charge < -0.3 is 19.7 Å². The number of nitrogens with one attached hydrogen (secondary N) is 1. The van der Waals surface area contributed by atoms with Gasteiger partial charge in [0.1, 0.15) is 6.04 Å². The van der Waals surface area contributed by atoms with Gasteiger partial charge in [0.15, 0.2) is 11.5 Å². The van der Waals surface area contributed by atoms with Gasteiger partial charge in [0.2, 0.25) is 18.6 Å². The molecule has 0 spiro atoms. The van der Waals surface area contributed by atoms with E-state index < -0.39 is 6.04 Å². The summed E-state index contributed by atoms with van der Waals surface area (Å²) >= 11 is 6.11. The van der Waals surface area contributed by atoms with E-state index in [9.17, 15) is 9.59 Å². The van der Waals surface area contributed by atoms with Crippen LogP contribution in [0.3, 0.4) is 0 Å². The van der Waals surface area contributed by atoms with E-state index in [0.29, 0.717) is 28.8 Å². The van der Waals surface area contributed by atoms with Gasteiger partial charge in [-0.05, 0) is 60.6 Å². The van der Waals surface area contributed by atoms with Crippen molar-refractivity contribution in [2.75, 3.05) is 12.1 Å². The van der Waals surface area contributed by atoms with E-state index in [1.165, 1.54) is 0 Å². The average Bonchev–Trinajstić information content (AvgIpc) is 3.39. The fourth-order valence-electron chi connectivity index (χ4n) is 4.90. The van der Waals surface area contributed by atoms with Crippen molar-refractivity contribution in [1.29, 1.82) is 0 Å². The summed E-state index contributed by atoms with van der Waals surface area (Å²) in [5.41, 5.74) is 2.43. The lowest BCUT2D eigenvalue weighted by Crippen LogP contribution is -2.51. The monoisotopic (exact) mass is 516 g/mol. The zero-order valence-corrected chi connectivity index (χ0v) is 21.2. The zero-order chi connectivity index (χ0) is 25.6. The number of hydrogen-bond donors (Lipinski definition) is 1. The molecule has 0 radical (unpaired) electrons. The van der Waals surface area contributed by atoms with Gasteiger partial charge in [0.25, 0.3) is 0 Å². The number of carbonyl (C=O) groups is 2. The summed E-state index contributed by atoms with van der Waals surface area (Å²) in [6.45, 7) is 0.467. The number of ether oxygens (including phenoxy) is 2. The maximum atomic E-state index is 13.9. The van der Waals surface area contributed by atoms with Crippen molar-refractivity contribution < 1.29 is 19.1 Å². The maximum Gasteiger partial charge on any atom is 0.247 e. The second kappa shape index (κ2) is 11.5. The molecule has 0 saturated carbocycles. The van der Waals surface area contributed by atoms with Crippen LogP contribution in [0.25, 0.3) is 0 Å². The molecule has 2 amide bonds. The number of nitrogens with zero attached hydrogens (tertiary/aromatic N) is 1. The summed E-state index contributed by atoms with van der Waals surface area (Å²) < 4.78 is 10.9. The van der Waals surface area contributed by atoms with Crippen LogP contribution in [-0.4, -0.2) is 29.5 Å². The highest BCUT2D eigenvalue weighted by molar-refractivity contribution is 6.30. The first-order valence-corrected chi connectivity index (χ1v) is 12.9. The van der Waals surface area contributed by atoms with E-state index in [0.717, 1.165) is 30.4 Å². The Labute approximate surface area is 221 Å². The molecular weight excluding hydrogens is 488 g/mol. The van der Waals surface area contributed by atoms with Crippen LogP contribution in [0.15, 0.2) is 84.9 Å². The Morgan fingerprint density at radius 2 is 1.73 bits per heavy atom. The number of halogens is 1. The van der Waals surface area contributed by atoms with E-state index in [-0.39, 0.29) is 30.9 Å². The smallest absolute Gasteiger partial charge is 0.247 e. The van der Waals surface area contributed by atoms with Crippen LogP contribution in [-0.2, 0) is 22.6 Å². The molecule has 3 aromatic carbocycles. The van der Waals surface area contributed by atoms with Crippen molar-refractivity contribution in [3.63, 3.8) is 0 Å². The van der Waals surface area contributed by atoms with Crippen LogP contribution in [0.4, 0.5) is 5.69 Å². The van der Waals surface area contributed by atoms with Gasteiger partial charge in [0.05, 0.1) is 6.42 Å². The van der Waals surface area contributed by atoms with Crippen LogP contribution < -0.4 is 14.8 Å². The zero-order valence-electron chi connectivity index (χ0n) is 20.4. The van der Waals surface area contributed by atoms with E-state index in [2.05, 4.69) is 17.5 Å². The fourth-order valence-corrected chi connectivity index (χ4v) is 5.03. The molecule has 5 rings (SSSR count). The van der Waals surface area contributed by atoms with Crippen molar-refractivity contribution >= 4 is 29.1 Å². The summed E-state index contributed by atoms with van der Waals surface area (Å²) in [6.07, 6.45) is 6.89. The molecule has 2 atom stereocenters. The highest BCUT2D eigenvalue weighted by Crippen LogP contribution is 2.35. The predicted octanol–water partition coefficient (Wildman–Crippen LogP) is 6.00. The molecule has 0 saturated heterocycles. The van der Waals surface area contributed by atoms with Crippen molar-refractivity contribution in [3.05, 3.63) is 101 Å². The maximum absolute atomic E-state index is 13.9. The molecule has 37 heavy (non-hydrogen) atoms. The van der Waals surface area contributed by atoms with Crippen molar-refractivity contribution in [1.82, 2.24) is 4.90 Å². The first-order valence-electron chi connectivity index (χ1n) is 12.5. The Morgan fingerprint density at radius 3 is 2.49 bits per heavy atom. The molecule has 2 aliphatic rings. The Balaban J connectivity index is 1.46. The number of allylic oxidation sites excluding steroid dienone is 2. The summed E-state index contributed by atoms with van der Waals surface area (Å²) in [7, 11) is 0. The molecule has 6 nitrogen and oxygen atoms in total. The van der Waals surface area contributed by atoms with E-state index in [1.807, 2.05) is 54.6 Å². The third-order valence-corrected chi connectivity index (χ3v) is 7.04. The highest BCUT2D eigenvalue weighted by atomic mass is 35.5. The van der Waals surface area contributed by atoms with Crippen LogP contribution >= 0.6 is 11.6 Å². The van der Waals surface area contributed by atoms with Crippen LogP contribution in [0, 0.1) is 5.92 Å². The summed E-state index contributed by atoms with van der Waals surface area (Å²) in [4.78, 5) is 29.5. The number of amides is 2. The standard InChI is InChI=1S/C30H29ClN2O4/c31-24-13-11-22(12-14-24)19-33(28(34)17-21-7-3-1-4-8-21)29(23-9-5-2-6-10-23)30(35)32-25-15-16-26-27(18-25)37-20-36-26/h1-5,7-8,11-16,18,23,29H,6,9-10,17,19-20H2,(H,32,35)/t23-,29-/m0/s1. The van der Waals surface area contributed by atoms with Crippen molar-refractivity contribution in [2.24, 2.45) is 5.92 Å². The van der Waals surface area contributed by atoms with Crippen LogP contribution in [0.1, 0.15) is 30.4 Å². The minimum atomic E-state index is -0.651. The normalized spacial score (nSPS) is 16.7. The van der Waals surface area contributed by atoms with Crippen LogP contribution in [0.5, 0.6) is 11.5 Å². The molecule has 190 valence electrons. The topological polar surface area (TPSA) is 67.9 Å². The molecule has 0 fully saturated rings. The minimum Gasteiger partial charge on any atom is -0.454 e. The third kappa shape index (κ3) is 6.15. The Morgan fingerprint density at radius 1 is 0.946 bits per heavy atom. The molecule has 1 aliphatic carbocycles. The van der Waals surface area contributed by atoms with Gasteiger partial charge >= 0.3 is 0 Å². The highest BCUT2D eigenvalue weighted by Gasteiger charge is 2.36. The van der Waals surface area contributed by atoms with Gasteiger partial charge in [0, 0.05) is 23.3 Å². The number of fused-ring (bicyclic) bond motifs is 1. The quantitative estimate of drug-likeness (QED) is 0.373. The van der Waals surface area contributed by atoms with Crippen molar-refractivity contribution in [3.8, 4) is 11.5 Å². The average molecular weight is 517 g/mol. The largest absolute Gasteiger partial charge is 0.454 e. The second-order valence-electron chi connectivity index (χ2n) is 9.36. The molecule has 0 bridgehead atoms. The molecule has 1 aliphatic heterocycles. The second-order valence-corrected chi connectivity index (χ2v) is 9.79.